The van der Waals surface area contributed by atoms with Gasteiger partial charge in [-0.1, -0.05) is 23.8 Å². The summed E-state index contributed by atoms with van der Waals surface area (Å²) in [6.07, 6.45) is 10.2. The molecule has 1 aliphatic carbocycles. The lowest BCUT2D eigenvalue weighted by molar-refractivity contribution is 0.0683. The van der Waals surface area contributed by atoms with E-state index in [0.29, 0.717) is 11.6 Å². The Morgan fingerprint density at radius 1 is 1.40 bits per heavy atom. The highest BCUT2D eigenvalue weighted by Crippen LogP contribution is 2.29. The number of hydrogen-bond acceptors (Lipinski definition) is 3. The van der Waals surface area contributed by atoms with Crippen molar-refractivity contribution in [1.29, 1.82) is 0 Å². The van der Waals surface area contributed by atoms with E-state index in [1.165, 1.54) is 5.57 Å². The molecule has 0 radical (unpaired) electrons. The predicted octanol–water partition coefficient (Wildman–Crippen LogP) is 5.06. The van der Waals surface area contributed by atoms with Crippen LogP contribution in [0.3, 0.4) is 0 Å². The Morgan fingerprint density at radius 2 is 2.16 bits per heavy atom. The lowest BCUT2D eigenvalue weighted by atomic mass is 9.87. The number of nitrogens with zero attached hydrogens (tertiary/aromatic N) is 1. The minimum atomic E-state index is -0.937. The summed E-state index contributed by atoms with van der Waals surface area (Å²) in [6.45, 7) is 5.60. The van der Waals surface area contributed by atoms with Crippen molar-refractivity contribution in [1.82, 2.24) is 0 Å². The Balaban J connectivity index is 1.94. The Morgan fingerprint density at radius 3 is 2.76 bits per heavy atom. The first-order valence-corrected chi connectivity index (χ1v) is 9.03. The molecule has 0 spiro atoms. The highest BCUT2D eigenvalue weighted by Gasteiger charge is 2.16. The van der Waals surface area contributed by atoms with E-state index in [4.69, 9.17) is 0 Å². The minimum Gasteiger partial charge on any atom is -0.478 e. The number of aryl methyl sites for hydroxylation is 1. The standard InChI is InChI=1S/C21H29NO3/c1-15-6-4-8-18(20(23)24)19(15)22-14-17-11-9-16(10-12-17)7-5-13-21(2,3)25/h4,6,8-9,14,17,25H,5,7,10-13H2,1-3H3,(H,23,24). The van der Waals surface area contributed by atoms with E-state index in [1.807, 2.05) is 33.1 Å². The molecule has 1 aromatic carbocycles. The summed E-state index contributed by atoms with van der Waals surface area (Å²) in [4.78, 5) is 15.8. The topological polar surface area (TPSA) is 69.9 Å². The minimum absolute atomic E-state index is 0.259. The van der Waals surface area contributed by atoms with E-state index in [-0.39, 0.29) is 5.56 Å². The van der Waals surface area contributed by atoms with Crippen LogP contribution in [0.25, 0.3) is 0 Å². The molecule has 1 atom stereocenters. The predicted molar refractivity (Wildman–Crippen MR) is 102 cm³/mol. The van der Waals surface area contributed by atoms with Crippen molar-refractivity contribution < 1.29 is 15.0 Å². The lowest BCUT2D eigenvalue weighted by Crippen LogP contribution is -2.18. The van der Waals surface area contributed by atoms with Crippen molar-refractivity contribution in [3.63, 3.8) is 0 Å². The van der Waals surface area contributed by atoms with E-state index < -0.39 is 11.6 Å². The third-order valence-corrected chi connectivity index (χ3v) is 4.71. The number of hydrogen-bond donors (Lipinski definition) is 2. The number of rotatable bonds is 7. The van der Waals surface area contributed by atoms with Crippen LogP contribution in [-0.4, -0.2) is 28.0 Å². The molecule has 0 bridgehead atoms. The molecule has 1 unspecified atom stereocenters. The van der Waals surface area contributed by atoms with Gasteiger partial charge in [0.05, 0.1) is 16.9 Å². The average Bonchev–Trinajstić information content (AvgIpc) is 2.53. The van der Waals surface area contributed by atoms with Crippen LogP contribution in [0, 0.1) is 12.8 Å². The van der Waals surface area contributed by atoms with Gasteiger partial charge in [0.2, 0.25) is 0 Å². The molecule has 1 aliphatic rings. The molecule has 1 aromatic rings. The van der Waals surface area contributed by atoms with E-state index in [9.17, 15) is 15.0 Å². The summed E-state index contributed by atoms with van der Waals surface area (Å²) in [5.41, 5.74) is 2.59. The number of para-hydroxylation sites is 1. The van der Waals surface area contributed by atoms with Gasteiger partial charge in [0.15, 0.2) is 0 Å². The first kappa shape index (κ1) is 19.4. The SMILES string of the molecule is Cc1cccc(C(=O)O)c1N=CC1CC=C(CCCC(C)(C)O)CC1. The van der Waals surface area contributed by atoms with E-state index in [1.54, 1.807) is 12.1 Å². The van der Waals surface area contributed by atoms with Gasteiger partial charge in [-0.3, -0.25) is 4.99 Å². The van der Waals surface area contributed by atoms with Gasteiger partial charge in [0, 0.05) is 6.21 Å². The molecule has 2 rings (SSSR count). The maximum atomic E-state index is 11.3. The normalized spacial score (nSPS) is 18.4. The Labute approximate surface area is 150 Å². The summed E-state index contributed by atoms with van der Waals surface area (Å²) in [5, 5.41) is 19.1. The molecular weight excluding hydrogens is 314 g/mol. The summed E-state index contributed by atoms with van der Waals surface area (Å²) < 4.78 is 0. The Bertz CT molecular complexity index is 668. The van der Waals surface area contributed by atoms with Crippen LogP contribution in [-0.2, 0) is 0 Å². The van der Waals surface area contributed by atoms with Crippen LogP contribution in [0.5, 0.6) is 0 Å². The fourth-order valence-corrected chi connectivity index (χ4v) is 3.20. The van der Waals surface area contributed by atoms with Gasteiger partial charge in [-0.25, -0.2) is 4.79 Å². The number of carbonyl (C=O) groups is 1. The van der Waals surface area contributed by atoms with Crippen molar-refractivity contribution in [2.45, 2.75) is 64.9 Å². The molecule has 136 valence electrons. The zero-order chi connectivity index (χ0) is 18.4. The monoisotopic (exact) mass is 343 g/mol. The molecule has 0 heterocycles. The third kappa shape index (κ3) is 6.13. The largest absolute Gasteiger partial charge is 0.478 e. The second kappa shape index (κ2) is 8.43. The maximum absolute atomic E-state index is 11.3. The number of aliphatic imine (C=N–C) groups is 1. The van der Waals surface area contributed by atoms with Crippen LogP contribution in [0.4, 0.5) is 5.69 Å². The number of carboxylic acid groups (broad SMARTS) is 1. The third-order valence-electron chi connectivity index (χ3n) is 4.71. The second-order valence-electron chi connectivity index (χ2n) is 7.62. The van der Waals surface area contributed by atoms with Crippen LogP contribution in [0.15, 0.2) is 34.8 Å². The lowest BCUT2D eigenvalue weighted by Gasteiger charge is -2.21. The fourth-order valence-electron chi connectivity index (χ4n) is 3.20. The molecule has 0 saturated heterocycles. The van der Waals surface area contributed by atoms with E-state index >= 15 is 0 Å². The zero-order valence-electron chi connectivity index (χ0n) is 15.5. The molecule has 0 fully saturated rings. The molecule has 0 saturated carbocycles. The van der Waals surface area contributed by atoms with Crippen molar-refractivity contribution >= 4 is 17.9 Å². The molecule has 4 nitrogen and oxygen atoms in total. The van der Waals surface area contributed by atoms with Crippen LogP contribution >= 0.6 is 0 Å². The molecule has 4 heteroatoms. The van der Waals surface area contributed by atoms with E-state index in [2.05, 4.69) is 11.1 Å². The molecule has 0 aliphatic heterocycles. The summed E-state index contributed by atoms with van der Waals surface area (Å²) in [7, 11) is 0. The molecule has 0 aromatic heterocycles. The summed E-state index contributed by atoms with van der Waals surface area (Å²) >= 11 is 0. The van der Waals surface area contributed by atoms with Crippen LogP contribution in [0.1, 0.15) is 68.3 Å². The van der Waals surface area contributed by atoms with Gasteiger partial charge in [-0.15, -0.1) is 0 Å². The highest BCUT2D eigenvalue weighted by molar-refractivity contribution is 5.95. The van der Waals surface area contributed by atoms with Gasteiger partial charge >= 0.3 is 5.97 Å². The second-order valence-corrected chi connectivity index (χ2v) is 7.62. The molecule has 0 amide bonds. The smallest absolute Gasteiger partial charge is 0.337 e. The first-order chi connectivity index (χ1) is 11.8. The van der Waals surface area contributed by atoms with Gasteiger partial charge in [-0.2, -0.15) is 0 Å². The summed E-state index contributed by atoms with van der Waals surface area (Å²) in [5.74, 6) is -0.576. The highest BCUT2D eigenvalue weighted by atomic mass is 16.4. The number of carboxylic acids is 1. The summed E-state index contributed by atoms with van der Waals surface area (Å²) in [6, 6.07) is 5.24. The number of aliphatic hydroxyl groups is 1. The number of aromatic carboxylic acids is 1. The van der Waals surface area contributed by atoms with Crippen molar-refractivity contribution in [2.75, 3.05) is 0 Å². The molecule has 25 heavy (non-hydrogen) atoms. The fraction of sp³-hybridized carbons (Fsp3) is 0.524. The molecule has 2 N–H and O–H groups in total. The van der Waals surface area contributed by atoms with Crippen molar-refractivity contribution in [2.24, 2.45) is 10.9 Å². The van der Waals surface area contributed by atoms with Crippen molar-refractivity contribution in [3.05, 3.63) is 41.0 Å². The van der Waals surface area contributed by atoms with Gasteiger partial charge in [-0.05, 0) is 76.8 Å². The number of benzene rings is 1. The zero-order valence-corrected chi connectivity index (χ0v) is 15.5. The van der Waals surface area contributed by atoms with Crippen LogP contribution < -0.4 is 0 Å². The van der Waals surface area contributed by atoms with Crippen LogP contribution in [0.2, 0.25) is 0 Å². The Kier molecular flexibility index (Phi) is 6.54. The molecular formula is C21H29NO3. The Hall–Kier alpha value is -1.94. The maximum Gasteiger partial charge on any atom is 0.337 e. The van der Waals surface area contributed by atoms with Crippen molar-refractivity contribution in [3.8, 4) is 0 Å². The van der Waals surface area contributed by atoms with Gasteiger partial charge in [0.1, 0.15) is 0 Å². The average molecular weight is 343 g/mol. The number of allylic oxidation sites excluding steroid dienone is 2. The van der Waals surface area contributed by atoms with E-state index in [0.717, 1.165) is 44.1 Å². The van der Waals surface area contributed by atoms with Gasteiger partial charge < -0.3 is 10.2 Å². The first-order valence-electron chi connectivity index (χ1n) is 9.03. The van der Waals surface area contributed by atoms with Gasteiger partial charge in [0.25, 0.3) is 0 Å². The quantitative estimate of drug-likeness (QED) is 0.537.